The number of hydrogen-bond donors (Lipinski definition) is 0. The van der Waals surface area contributed by atoms with Gasteiger partial charge >= 0.3 is 0 Å². The van der Waals surface area contributed by atoms with Crippen molar-refractivity contribution >= 4 is 28.5 Å². The van der Waals surface area contributed by atoms with Gasteiger partial charge in [-0.1, -0.05) is 61.7 Å². The smallest absolute Gasteiger partial charge is 0.291 e. The van der Waals surface area contributed by atoms with Crippen molar-refractivity contribution in [1.82, 2.24) is 4.90 Å². The minimum absolute atomic E-state index is 0.0746. The van der Waals surface area contributed by atoms with Crippen LogP contribution in [-0.2, 0) is 6.54 Å². The first-order valence-electron chi connectivity index (χ1n) is 13.0. The number of fused-ring (bicyclic) bond motifs is 2. The summed E-state index contributed by atoms with van der Waals surface area (Å²) in [6.07, 6.45) is 3.15. The second kappa shape index (κ2) is 11.3. The number of nitrogens with zero attached hydrogens (tertiary/aromatic N) is 1. The highest BCUT2D eigenvalue weighted by molar-refractivity contribution is 6.30. The number of hydrogen-bond acceptors (Lipinski definition) is 5. The SMILES string of the molecule is CCCCCOc1ccc(C2c3c(oc4ccccc4c3=O)C(=O)N2Cc2ccc(Cl)cc2)cc1OCC. The van der Waals surface area contributed by atoms with Crippen LogP contribution in [0.1, 0.15) is 66.4 Å². The van der Waals surface area contributed by atoms with E-state index in [1.165, 1.54) is 0 Å². The van der Waals surface area contributed by atoms with Gasteiger partial charge in [-0.05, 0) is 60.9 Å². The van der Waals surface area contributed by atoms with E-state index in [0.29, 0.717) is 46.3 Å². The van der Waals surface area contributed by atoms with E-state index in [-0.39, 0.29) is 23.6 Å². The maximum absolute atomic E-state index is 13.8. The molecule has 3 aromatic carbocycles. The first-order chi connectivity index (χ1) is 18.5. The number of rotatable bonds is 10. The van der Waals surface area contributed by atoms with Crippen molar-refractivity contribution in [3.8, 4) is 11.5 Å². The van der Waals surface area contributed by atoms with Crippen LogP contribution in [0.3, 0.4) is 0 Å². The topological polar surface area (TPSA) is 69.0 Å². The molecule has 0 bridgehead atoms. The predicted molar refractivity (Wildman–Crippen MR) is 148 cm³/mol. The summed E-state index contributed by atoms with van der Waals surface area (Å²) in [6.45, 7) is 5.39. The Morgan fingerprint density at radius 2 is 1.71 bits per heavy atom. The molecule has 1 aliphatic rings. The highest BCUT2D eigenvalue weighted by atomic mass is 35.5. The van der Waals surface area contributed by atoms with Crippen LogP contribution in [0.5, 0.6) is 11.5 Å². The fraction of sp³-hybridized carbons (Fsp3) is 0.290. The molecule has 0 saturated heterocycles. The molecule has 1 amide bonds. The van der Waals surface area contributed by atoms with Gasteiger partial charge in [-0.2, -0.15) is 0 Å². The first-order valence-corrected chi connectivity index (χ1v) is 13.4. The average Bonchev–Trinajstić information content (AvgIpc) is 3.20. The van der Waals surface area contributed by atoms with Gasteiger partial charge in [0.25, 0.3) is 5.91 Å². The van der Waals surface area contributed by atoms with Gasteiger partial charge in [0.05, 0.1) is 30.2 Å². The second-order valence-corrected chi connectivity index (χ2v) is 9.76. The van der Waals surface area contributed by atoms with Gasteiger partial charge in [0.2, 0.25) is 5.76 Å². The van der Waals surface area contributed by atoms with Crippen molar-refractivity contribution < 1.29 is 18.7 Å². The Morgan fingerprint density at radius 1 is 0.921 bits per heavy atom. The molecule has 7 heteroatoms. The zero-order chi connectivity index (χ0) is 26.6. The van der Waals surface area contributed by atoms with Crippen molar-refractivity contribution in [2.75, 3.05) is 13.2 Å². The van der Waals surface area contributed by atoms with Crippen molar-refractivity contribution in [2.24, 2.45) is 0 Å². The Bertz CT molecular complexity index is 1510. The van der Waals surface area contributed by atoms with E-state index in [1.807, 2.05) is 37.3 Å². The van der Waals surface area contributed by atoms with Gasteiger partial charge in [-0.3, -0.25) is 9.59 Å². The van der Waals surface area contributed by atoms with Crippen molar-refractivity contribution in [2.45, 2.75) is 45.7 Å². The Balaban J connectivity index is 1.61. The van der Waals surface area contributed by atoms with Crippen LogP contribution < -0.4 is 14.9 Å². The molecule has 0 fully saturated rings. The van der Waals surface area contributed by atoms with Gasteiger partial charge in [0.1, 0.15) is 5.58 Å². The Kier molecular flexibility index (Phi) is 7.70. The molecule has 6 nitrogen and oxygen atoms in total. The molecule has 1 aromatic heterocycles. The number of para-hydroxylation sites is 1. The Labute approximate surface area is 226 Å². The fourth-order valence-electron chi connectivity index (χ4n) is 4.88. The van der Waals surface area contributed by atoms with Gasteiger partial charge in [-0.15, -0.1) is 0 Å². The van der Waals surface area contributed by atoms with Crippen molar-refractivity contribution in [3.63, 3.8) is 0 Å². The largest absolute Gasteiger partial charge is 0.490 e. The Hall–Kier alpha value is -3.77. The van der Waals surface area contributed by atoms with Crippen LogP contribution in [0.15, 0.2) is 75.9 Å². The van der Waals surface area contributed by atoms with E-state index in [9.17, 15) is 9.59 Å². The normalized spacial score (nSPS) is 14.7. The summed E-state index contributed by atoms with van der Waals surface area (Å²) in [4.78, 5) is 29.2. The average molecular weight is 532 g/mol. The number of unbranched alkanes of at least 4 members (excludes halogenated alkanes) is 2. The molecule has 0 radical (unpaired) electrons. The molecule has 0 N–H and O–H groups in total. The van der Waals surface area contributed by atoms with Gasteiger partial charge in [0.15, 0.2) is 16.9 Å². The van der Waals surface area contributed by atoms with Gasteiger partial charge < -0.3 is 18.8 Å². The standard InChI is InChI=1S/C31H30ClNO5/c1-3-5-8-17-37-25-16-13-21(18-26(25)36-4-2)28-27-29(34)23-9-6-7-10-24(23)38-30(27)31(35)33(28)19-20-11-14-22(32)15-12-20/h6-7,9-16,18,28H,3-5,8,17,19H2,1-2H3. The van der Waals surface area contributed by atoms with Crippen LogP contribution in [0.2, 0.25) is 5.02 Å². The maximum atomic E-state index is 13.8. The molecule has 4 aromatic rings. The minimum Gasteiger partial charge on any atom is -0.490 e. The summed E-state index contributed by atoms with van der Waals surface area (Å²) in [5, 5.41) is 1.05. The summed E-state index contributed by atoms with van der Waals surface area (Å²) in [7, 11) is 0. The first kappa shape index (κ1) is 25.9. The summed E-state index contributed by atoms with van der Waals surface area (Å²) in [6, 6.07) is 19.3. The highest BCUT2D eigenvalue weighted by Gasteiger charge is 2.43. The lowest BCUT2D eigenvalue weighted by Gasteiger charge is -2.26. The predicted octanol–water partition coefficient (Wildman–Crippen LogP) is 7.16. The van der Waals surface area contributed by atoms with E-state index in [4.69, 9.17) is 25.5 Å². The third kappa shape index (κ3) is 5.01. The second-order valence-electron chi connectivity index (χ2n) is 9.33. The van der Waals surface area contributed by atoms with Gasteiger partial charge in [0, 0.05) is 11.6 Å². The lowest BCUT2D eigenvalue weighted by molar-refractivity contribution is 0.0714. The van der Waals surface area contributed by atoms with Crippen LogP contribution in [0, 0.1) is 0 Å². The molecule has 196 valence electrons. The van der Waals surface area contributed by atoms with Crippen LogP contribution in [0.25, 0.3) is 11.0 Å². The number of carbonyl (C=O) groups is 1. The molecule has 38 heavy (non-hydrogen) atoms. The molecule has 1 aliphatic heterocycles. The molecule has 5 rings (SSSR count). The number of ether oxygens (including phenoxy) is 2. The van der Waals surface area contributed by atoms with E-state index < -0.39 is 6.04 Å². The molecule has 1 unspecified atom stereocenters. The van der Waals surface area contributed by atoms with E-state index in [1.54, 1.807) is 41.3 Å². The zero-order valence-electron chi connectivity index (χ0n) is 21.5. The fourth-order valence-corrected chi connectivity index (χ4v) is 5.01. The number of halogens is 1. The minimum atomic E-state index is -0.651. The number of benzene rings is 3. The zero-order valence-corrected chi connectivity index (χ0v) is 22.3. The third-order valence-corrected chi connectivity index (χ3v) is 6.98. The molecule has 0 spiro atoms. The maximum Gasteiger partial charge on any atom is 0.291 e. The monoisotopic (exact) mass is 531 g/mol. The molecule has 1 atom stereocenters. The molecular weight excluding hydrogens is 502 g/mol. The molecule has 0 saturated carbocycles. The molecule has 2 heterocycles. The van der Waals surface area contributed by atoms with Crippen molar-refractivity contribution in [3.05, 3.63) is 104 Å². The van der Waals surface area contributed by atoms with Crippen LogP contribution >= 0.6 is 11.6 Å². The van der Waals surface area contributed by atoms with E-state index in [0.717, 1.165) is 30.4 Å². The summed E-state index contributed by atoms with van der Waals surface area (Å²) >= 11 is 6.09. The third-order valence-electron chi connectivity index (χ3n) is 6.73. The molecule has 0 aliphatic carbocycles. The quantitative estimate of drug-likeness (QED) is 0.203. The van der Waals surface area contributed by atoms with Crippen LogP contribution in [0.4, 0.5) is 0 Å². The number of carbonyl (C=O) groups excluding carboxylic acids is 1. The lowest BCUT2D eigenvalue weighted by Crippen LogP contribution is -2.29. The lowest BCUT2D eigenvalue weighted by atomic mass is 9.97. The van der Waals surface area contributed by atoms with Crippen molar-refractivity contribution in [1.29, 1.82) is 0 Å². The highest BCUT2D eigenvalue weighted by Crippen LogP contribution is 2.42. The summed E-state index contributed by atoms with van der Waals surface area (Å²) in [5.41, 5.74) is 2.15. The molecular formula is C31H30ClNO5. The van der Waals surface area contributed by atoms with Gasteiger partial charge in [-0.25, -0.2) is 0 Å². The summed E-state index contributed by atoms with van der Waals surface area (Å²) in [5.74, 6) is 0.969. The van der Waals surface area contributed by atoms with E-state index >= 15 is 0 Å². The van der Waals surface area contributed by atoms with Crippen LogP contribution in [-0.4, -0.2) is 24.0 Å². The van der Waals surface area contributed by atoms with E-state index in [2.05, 4.69) is 6.92 Å². The Morgan fingerprint density at radius 3 is 2.47 bits per heavy atom. The number of amides is 1. The summed E-state index contributed by atoms with van der Waals surface area (Å²) < 4.78 is 18.0.